The Morgan fingerprint density at radius 1 is 1.03 bits per heavy atom. The summed E-state index contributed by atoms with van der Waals surface area (Å²) in [7, 11) is -2.02. The maximum Gasteiger partial charge on any atom is 0.573 e. The molecule has 3 aromatic rings. The number of pyridine rings is 1. The largest absolute Gasteiger partial charge is 0.573 e. The van der Waals surface area contributed by atoms with Gasteiger partial charge < -0.3 is 14.5 Å². The number of piperazine rings is 1. The first kappa shape index (κ1) is 23.3. The Labute approximate surface area is 190 Å². The highest BCUT2D eigenvalue weighted by Crippen LogP contribution is 2.38. The van der Waals surface area contributed by atoms with E-state index in [1.54, 1.807) is 24.3 Å². The van der Waals surface area contributed by atoms with Gasteiger partial charge in [0.15, 0.2) is 0 Å². The average molecular weight is 480 g/mol. The molecular formula is C23H24F3N3O3S. The van der Waals surface area contributed by atoms with Crippen LogP contribution in [0.3, 0.4) is 0 Å². The third-order valence-corrected chi connectivity index (χ3v) is 7.53. The second-order valence-corrected chi connectivity index (χ2v) is 9.91. The molecule has 0 spiro atoms. The highest BCUT2D eigenvalue weighted by atomic mass is 32.2. The predicted molar refractivity (Wildman–Crippen MR) is 119 cm³/mol. The number of nitrogens with zero attached hydrogens (tertiary/aromatic N) is 3. The summed E-state index contributed by atoms with van der Waals surface area (Å²) in [6, 6.07) is 10.4. The van der Waals surface area contributed by atoms with Crippen molar-refractivity contribution in [1.82, 2.24) is 9.88 Å². The summed E-state index contributed by atoms with van der Waals surface area (Å²) in [5.41, 5.74) is 1.73. The number of hydrogen-bond donors (Lipinski definition) is 0. The monoisotopic (exact) mass is 479 g/mol. The first-order valence-corrected chi connectivity index (χ1v) is 12.0. The van der Waals surface area contributed by atoms with Gasteiger partial charge in [-0.2, -0.15) is 0 Å². The van der Waals surface area contributed by atoms with E-state index in [4.69, 9.17) is 0 Å². The number of sulfone groups is 1. The molecule has 1 aliphatic heterocycles. The molecule has 6 nitrogen and oxygen atoms in total. The lowest BCUT2D eigenvalue weighted by atomic mass is 10.1. The van der Waals surface area contributed by atoms with Crippen molar-refractivity contribution in [3.8, 4) is 5.75 Å². The summed E-state index contributed by atoms with van der Waals surface area (Å²) in [5, 5.41) is 0.299. The molecule has 1 saturated heterocycles. The van der Waals surface area contributed by atoms with Crippen LogP contribution in [0.1, 0.15) is 12.5 Å². The zero-order chi connectivity index (χ0) is 23.8. The minimum absolute atomic E-state index is 0.0343. The number of ether oxygens (including phenoxy) is 1. The molecule has 4 rings (SSSR count). The summed E-state index contributed by atoms with van der Waals surface area (Å²) in [5.74, 6) is -0.422. The summed E-state index contributed by atoms with van der Waals surface area (Å²) in [4.78, 5) is 8.34. The standard InChI is InChI=1S/C23H24F3N3O3S/c1-3-16-4-7-18(8-5-16)33(30,31)21-15-27-20-9-6-17(32-23(24,25)26)14-19(20)22(21)29-12-10-28(2)11-13-29/h4-9,14-15H,3,10-13H2,1-2H3. The quantitative estimate of drug-likeness (QED) is 0.545. The molecule has 33 heavy (non-hydrogen) atoms. The molecule has 1 fully saturated rings. The zero-order valence-electron chi connectivity index (χ0n) is 18.3. The molecule has 0 atom stereocenters. The van der Waals surface area contributed by atoms with Gasteiger partial charge in [-0.15, -0.1) is 13.2 Å². The summed E-state index contributed by atoms with van der Waals surface area (Å²) >= 11 is 0. The van der Waals surface area contributed by atoms with Gasteiger partial charge in [-0.3, -0.25) is 4.98 Å². The normalized spacial score (nSPS) is 15.7. The third-order valence-electron chi connectivity index (χ3n) is 5.76. The number of benzene rings is 2. The smallest absolute Gasteiger partial charge is 0.406 e. The summed E-state index contributed by atoms with van der Waals surface area (Å²) in [6.07, 6.45) is -2.80. The fraction of sp³-hybridized carbons (Fsp3) is 0.348. The Balaban J connectivity index is 1.91. The van der Waals surface area contributed by atoms with Crippen molar-refractivity contribution < 1.29 is 26.3 Å². The van der Waals surface area contributed by atoms with Crippen LogP contribution in [0.15, 0.2) is 58.5 Å². The van der Waals surface area contributed by atoms with Gasteiger partial charge in [0.1, 0.15) is 10.6 Å². The van der Waals surface area contributed by atoms with Crippen molar-refractivity contribution in [1.29, 1.82) is 0 Å². The van der Waals surface area contributed by atoms with E-state index >= 15 is 0 Å². The topological polar surface area (TPSA) is 62.7 Å². The molecule has 0 unspecified atom stereocenters. The van der Waals surface area contributed by atoms with Crippen molar-refractivity contribution in [2.24, 2.45) is 0 Å². The molecule has 0 aliphatic carbocycles. The van der Waals surface area contributed by atoms with Crippen LogP contribution in [-0.2, 0) is 16.3 Å². The Morgan fingerprint density at radius 3 is 2.30 bits per heavy atom. The van der Waals surface area contributed by atoms with Crippen LogP contribution in [0.5, 0.6) is 5.75 Å². The Hall–Kier alpha value is -2.85. The number of aromatic nitrogens is 1. The van der Waals surface area contributed by atoms with E-state index < -0.39 is 21.9 Å². The molecule has 0 N–H and O–H groups in total. The molecule has 1 aliphatic rings. The summed E-state index contributed by atoms with van der Waals surface area (Å²) < 4.78 is 69.9. The number of aryl methyl sites for hydroxylation is 1. The maximum absolute atomic E-state index is 13.6. The van der Waals surface area contributed by atoms with Gasteiger partial charge in [-0.25, -0.2) is 8.42 Å². The zero-order valence-corrected chi connectivity index (χ0v) is 19.1. The molecule has 0 radical (unpaired) electrons. The van der Waals surface area contributed by atoms with E-state index in [1.807, 2.05) is 18.9 Å². The number of fused-ring (bicyclic) bond motifs is 1. The van der Waals surface area contributed by atoms with Gasteiger partial charge in [0.25, 0.3) is 0 Å². The highest BCUT2D eigenvalue weighted by molar-refractivity contribution is 7.91. The lowest BCUT2D eigenvalue weighted by Crippen LogP contribution is -2.45. The van der Waals surface area contributed by atoms with Crippen LogP contribution >= 0.6 is 0 Å². The number of alkyl halides is 3. The van der Waals surface area contributed by atoms with Crippen molar-refractivity contribution in [3.63, 3.8) is 0 Å². The average Bonchev–Trinajstić information content (AvgIpc) is 2.78. The molecular weight excluding hydrogens is 455 g/mol. The van der Waals surface area contributed by atoms with Gasteiger partial charge in [0, 0.05) is 37.8 Å². The molecule has 1 aromatic heterocycles. The van der Waals surface area contributed by atoms with Gasteiger partial charge in [0.2, 0.25) is 9.84 Å². The Morgan fingerprint density at radius 2 is 1.70 bits per heavy atom. The molecule has 176 valence electrons. The Bertz CT molecular complexity index is 1250. The van der Waals surface area contributed by atoms with Crippen LogP contribution < -0.4 is 9.64 Å². The van der Waals surface area contributed by atoms with Crippen molar-refractivity contribution in [2.45, 2.75) is 29.5 Å². The van der Waals surface area contributed by atoms with E-state index in [0.717, 1.165) is 12.0 Å². The van der Waals surface area contributed by atoms with E-state index in [1.165, 1.54) is 24.4 Å². The van der Waals surface area contributed by atoms with E-state index in [2.05, 4.69) is 14.6 Å². The fourth-order valence-corrected chi connectivity index (χ4v) is 5.35. The second-order valence-electron chi connectivity index (χ2n) is 7.99. The van der Waals surface area contributed by atoms with Crippen LogP contribution in [0.4, 0.5) is 18.9 Å². The van der Waals surface area contributed by atoms with Gasteiger partial charge in [-0.05, 0) is 49.4 Å². The molecule has 0 amide bonds. The van der Waals surface area contributed by atoms with Gasteiger partial charge in [0.05, 0.1) is 16.1 Å². The van der Waals surface area contributed by atoms with E-state index in [0.29, 0.717) is 42.8 Å². The van der Waals surface area contributed by atoms with Crippen LogP contribution in [0, 0.1) is 0 Å². The third kappa shape index (κ3) is 4.91. The number of likely N-dealkylation sites (N-methyl/N-ethyl adjacent to an activating group) is 1. The first-order valence-electron chi connectivity index (χ1n) is 10.5. The lowest BCUT2D eigenvalue weighted by Gasteiger charge is -2.35. The van der Waals surface area contributed by atoms with Crippen molar-refractivity contribution >= 4 is 26.4 Å². The summed E-state index contributed by atoms with van der Waals surface area (Å²) in [6.45, 7) is 4.40. The lowest BCUT2D eigenvalue weighted by molar-refractivity contribution is -0.274. The molecule has 10 heteroatoms. The van der Waals surface area contributed by atoms with Crippen LogP contribution in [0.25, 0.3) is 10.9 Å². The molecule has 0 bridgehead atoms. The maximum atomic E-state index is 13.6. The number of anilines is 1. The first-order chi connectivity index (χ1) is 15.6. The predicted octanol–water partition coefficient (Wildman–Crippen LogP) is 4.28. The molecule has 2 aromatic carbocycles. The number of halogens is 3. The van der Waals surface area contributed by atoms with E-state index in [9.17, 15) is 21.6 Å². The van der Waals surface area contributed by atoms with Crippen molar-refractivity contribution in [3.05, 3.63) is 54.2 Å². The van der Waals surface area contributed by atoms with Crippen LogP contribution in [0.2, 0.25) is 0 Å². The van der Waals surface area contributed by atoms with Crippen LogP contribution in [-0.4, -0.2) is 57.9 Å². The second kappa shape index (κ2) is 8.83. The van der Waals surface area contributed by atoms with Gasteiger partial charge >= 0.3 is 6.36 Å². The highest BCUT2D eigenvalue weighted by Gasteiger charge is 2.32. The minimum Gasteiger partial charge on any atom is -0.406 e. The number of hydrogen-bond acceptors (Lipinski definition) is 6. The molecule has 2 heterocycles. The fourth-order valence-electron chi connectivity index (χ4n) is 3.92. The number of rotatable bonds is 5. The molecule has 0 saturated carbocycles. The van der Waals surface area contributed by atoms with Gasteiger partial charge in [-0.1, -0.05) is 19.1 Å². The van der Waals surface area contributed by atoms with Crippen molar-refractivity contribution in [2.75, 3.05) is 38.1 Å². The Kier molecular flexibility index (Phi) is 6.24. The van der Waals surface area contributed by atoms with E-state index in [-0.39, 0.29) is 9.79 Å². The SMILES string of the molecule is CCc1ccc(S(=O)(=O)c2cnc3ccc(OC(F)(F)F)cc3c2N2CCN(C)CC2)cc1. The minimum atomic E-state index is -4.86.